The molecule has 0 saturated carbocycles. The number of benzene rings is 3. The topological polar surface area (TPSA) is 103 Å². The van der Waals surface area contributed by atoms with E-state index in [1.54, 1.807) is 19.2 Å². The summed E-state index contributed by atoms with van der Waals surface area (Å²) in [6.45, 7) is 0.797. The van der Waals surface area contributed by atoms with Crippen LogP contribution in [0.2, 0.25) is 0 Å². The number of carbonyl (C=O) groups excluding carboxylic acids is 1. The summed E-state index contributed by atoms with van der Waals surface area (Å²) in [5, 5.41) is 12.2. The standard InChI is InChI=1S/C28H27NO7/c1-33-17-34-19-11-13-23-25(16-19)35-24-15-18(29-14-6-2-3-9-26(30)31)10-12-22(24)28(23)21-8-5-4-7-20(21)27(32)36-28/h4-5,7-8,10-13,15-16,29H,2-3,6,9,14,17H2,1H3,(H,30,31). The number of ether oxygens (including phenoxy) is 4. The van der Waals surface area contributed by atoms with Gasteiger partial charge in [0.25, 0.3) is 0 Å². The van der Waals surface area contributed by atoms with Gasteiger partial charge in [-0.05, 0) is 43.2 Å². The molecule has 5 rings (SSSR count). The minimum absolute atomic E-state index is 0.0961. The van der Waals surface area contributed by atoms with Crippen LogP contribution in [0.15, 0.2) is 60.7 Å². The molecule has 1 unspecified atom stereocenters. The SMILES string of the molecule is COCOc1ccc2c(c1)Oc1cc(NCCCCCC(=O)O)ccc1C21OC(=O)c2ccccc21. The first-order chi connectivity index (χ1) is 17.5. The van der Waals surface area contributed by atoms with E-state index in [1.165, 1.54) is 0 Å². The third-order valence-electron chi connectivity index (χ3n) is 6.43. The molecule has 3 aromatic carbocycles. The molecule has 0 amide bonds. The van der Waals surface area contributed by atoms with E-state index in [0.717, 1.165) is 35.2 Å². The van der Waals surface area contributed by atoms with Gasteiger partial charge in [-0.25, -0.2) is 4.79 Å². The summed E-state index contributed by atoms with van der Waals surface area (Å²) in [4.78, 5) is 23.6. The van der Waals surface area contributed by atoms with Crippen molar-refractivity contribution >= 4 is 17.6 Å². The third kappa shape index (κ3) is 4.24. The predicted molar refractivity (Wildman–Crippen MR) is 132 cm³/mol. The molecule has 0 bridgehead atoms. The van der Waals surface area contributed by atoms with Gasteiger partial charge in [0.05, 0.1) is 5.56 Å². The normalized spacial score (nSPS) is 17.0. The molecule has 1 atom stereocenters. The largest absolute Gasteiger partial charge is 0.481 e. The zero-order chi connectivity index (χ0) is 25.1. The van der Waals surface area contributed by atoms with Gasteiger partial charge in [0.15, 0.2) is 12.4 Å². The first kappa shape index (κ1) is 23.7. The molecule has 8 heteroatoms. The van der Waals surface area contributed by atoms with E-state index in [9.17, 15) is 9.59 Å². The summed E-state index contributed by atoms with van der Waals surface area (Å²) in [7, 11) is 1.55. The Bertz CT molecular complexity index is 1300. The molecule has 2 heterocycles. The summed E-state index contributed by atoms with van der Waals surface area (Å²) >= 11 is 0. The molecule has 186 valence electrons. The number of esters is 1. The zero-order valence-electron chi connectivity index (χ0n) is 19.9. The van der Waals surface area contributed by atoms with Gasteiger partial charge in [-0.3, -0.25) is 4.79 Å². The lowest BCUT2D eigenvalue weighted by molar-refractivity contribution is -0.137. The van der Waals surface area contributed by atoms with Crippen molar-refractivity contribution in [3.05, 3.63) is 82.9 Å². The second kappa shape index (κ2) is 9.91. The van der Waals surface area contributed by atoms with Crippen molar-refractivity contribution in [2.24, 2.45) is 0 Å². The number of aliphatic carboxylic acids is 1. The Morgan fingerprint density at radius 2 is 1.75 bits per heavy atom. The quantitative estimate of drug-likeness (QED) is 0.225. The number of unbranched alkanes of at least 4 members (excludes halogenated alkanes) is 2. The maximum atomic E-state index is 13.0. The Hall–Kier alpha value is -4.04. The Kier molecular flexibility index (Phi) is 6.52. The Morgan fingerprint density at radius 3 is 2.56 bits per heavy atom. The van der Waals surface area contributed by atoms with Crippen LogP contribution in [-0.2, 0) is 19.9 Å². The Balaban J connectivity index is 1.49. The van der Waals surface area contributed by atoms with E-state index in [-0.39, 0.29) is 19.2 Å². The first-order valence-electron chi connectivity index (χ1n) is 11.9. The summed E-state index contributed by atoms with van der Waals surface area (Å²) in [6, 6.07) is 18.6. The molecular weight excluding hydrogens is 462 g/mol. The van der Waals surface area contributed by atoms with Crippen molar-refractivity contribution in [2.45, 2.75) is 31.3 Å². The van der Waals surface area contributed by atoms with Gasteiger partial charge < -0.3 is 29.4 Å². The second-order valence-electron chi connectivity index (χ2n) is 8.77. The third-order valence-corrected chi connectivity index (χ3v) is 6.43. The number of hydrogen-bond acceptors (Lipinski definition) is 7. The van der Waals surface area contributed by atoms with Gasteiger partial charge in [-0.15, -0.1) is 0 Å². The maximum absolute atomic E-state index is 13.0. The van der Waals surface area contributed by atoms with E-state index >= 15 is 0 Å². The highest BCUT2D eigenvalue weighted by Gasteiger charge is 2.53. The van der Waals surface area contributed by atoms with E-state index < -0.39 is 11.6 Å². The number of methoxy groups -OCH3 is 1. The maximum Gasteiger partial charge on any atom is 0.340 e. The van der Waals surface area contributed by atoms with Crippen LogP contribution < -0.4 is 14.8 Å². The van der Waals surface area contributed by atoms with Crippen molar-refractivity contribution in [2.75, 3.05) is 25.8 Å². The fraction of sp³-hybridized carbons (Fsp3) is 0.286. The van der Waals surface area contributed by atoms with E-state index in [1.807, 2.05) is 48.5 Å². The van der Waals surface area contributed by atoms with Crippen LogP contribution in [0.1, 0.15) is 52.7 Å². The molecule has 0 aliphatic carbocycles. The van der Waals surface area contributed by atoms with Crippen molar-refractivity contribution in [1.29, 1.82) is 0 Å². The molecule has 0 saturated heterocycles. The highest BCUT2D eigenvalue weighted by atomic mass is 16.7. The van der Waals surface area contributed by atoms with Crippen LogP contribution >= 0.6 is 0 Å². The van der Waals surface area contributed by atoms with E-state index in [4.69, 9.17) is 24.1 Å². The summed E-state index contributed by atoms with van der Waals surface area (Å²) in [5.74, 6) is 0.530. The summed E-state index contributed by atoms with van der Waals surface area (Å²) in [6.07, 6.45) is 2.52. The number of rotatable bonds is 10. The number of fused-ring (bicyclic) bond motifs is 6. The first-order valence-corrected chi connectivity index (χ1v) is 11.9. The number of carboxylic acid groups (broad SMARTS) is 1. The lowest BCUT2D eigenvalue weighted by Crippen LogP contribution is -2.33. The van der Waals surface area contributed by atoms with Gasteiger partial charge in [0, 0.05) is 54.6 Å². The molecule has 3 aromatic rings. The molecule has 8 nitrogen and oxygen atoms in total. The fourth-order valence-electron chi connectivity index (χ4n) is 4.79. The molecule has 1 spiro atoms. The molecule has 2 aliphatic heterocycles. The van der Waals surface area contributed by atoms with Crippen LogP contribution in [0, 0.1) is 0 Å². The molecular formula is C28H27NO7. The second-order valence-corrected chi connectivity index (χ2v) is 8.77. The molecule has 0 aromatic heterocycles. The van der Waals surface area contributed by atoms with E-state index in [2.05, 4.69) is 5.32 Å². The lowest BCUT2D eigenvalue weighted by Gasteiger charge is -2.36. The van der Waals surface area contributed by atoms with Gasteiger partial charge in [0.2, 0.25) is 0 Å². The van der Waals surface area contributed by atoms with Crippen LogP contribution in [0.25, 0.3) is 0 Å². The number of nitrogens with one attached hydrogen (secondary N) is 1. The summed E-state index contributed by atoms with van der Waals surface area (Å²) in [5.41, 5.74) is 2.48. The number of hydrogen-bond donors (Lipinski definition) is 2. The van der Waals surface area contributed by atoms with Gasteiger partial charge in [-0.2, -0.15) is 0 Å². The molecule has 2 aliphatic rings. The van der Waals surface area contributed by atoms with Crippen LogP contribution in [0.4, 0.5) is 5.69 Å². The fourth-order valence-corrected chi connectivity index (χ4v) is 4.79. The Morgan fingerprint density at radius 1 is 0.972 bits per heavy atom. The van der Waals surface area contributed by atoms with Crippen molar-refractivity contribution in [3.8, 4) is 17.2 Å². The highest BCUT2D eigenvalue weighted by molar-refractivity contribution is 5.97. The van der Waals surface area contributed by atoms with Crippen molar-refractivity contribution in [1.82, 2.24) is 0 Å². The minimum Gasteiger partial charge on any atom is -0.481 e. The zero-order valence-corrected chi connectivity index (χ0v) is 19.9. The molecule has 0 radical (unpaired) electrons. The monoisotopic (exact) mass is 489 g/mol. The number of carbonyl (C=O) groups is 2. The smallest absolute Gasteiger partial charge is 0.340 e. The van der Waals surface area contributed by atoms with Crippen molar-refractivity contribution < 1.29 is 33.6 Å². The van der Waals surface area contributed by atoms with Crippen LogP contribution in [-0.4, -0.2) is 37.5 Å². The highest BCUT2D eigenvalue weighted by Crippen LogP contribution is 2.56. The minimum atomic E-state index is -1.13. The van der Waals surface area contributed by atoms with E-state index in [0.29, 0.717) is 35.8 Å². The Labute approximate surface area is 208 Å². The van der Waals surface area contributed by atoms with Crippen LogP contribution in [0.5, 0.6) is 17.2 Å². The molecule has 2 N–H and O–H groups in total. The van der Waals surface area contributed by atoms with Gasteiger partial charge in [0.1, 0.15) is 17.2 Å². The number of anilines is 1. The predicted octanol–water partition coefficient (Wildman–Crippen LogP) is 5.29. The van der Waals surface area contributed by atoms with Gasteiger partial charge >= 0.3 is 11.9 Å². The lowest BCUT2D eigenvalue weighted by atomic mass is 9.77. The van der Waals surface area contributed by atoms with Crippen molar-refractivity contribution in [3.63, 3.8) is 0 Å². The molecule has 36 heavy (non-hydrogen) atoms. The van der Waals surface area contributed by atoms with Crippen LogP contribution in [0.3, 0.4) is 0 Å². The average Bonchev–Trinajstić information content (AvgIpc) is 3.17. The van der Waals surface area contributed by atoms with Gasteiger partial charge in [-0.1, -0.05) is 24.6 Å². The average molecular weight is 490 g/mol. The molecule has 0 fully saturated rings. The number of carboxylic acids is 1. The summed E-state index contributed by atoms with van der Waals surface area (Å²) < 4.78 is 23.1.